The Morgan fingerprint density at radius 2 is 2.00 bits per heavy atom. The normalized spacial score (nSPS) is 22.7. The van der Waals surface area contributed by atoms with Crippen LogP contribution in [0.3, 0.4) is 0 Å². The van der Waals surface area contributed by atoms with Crippen molar-refractivity contribution in [3.05, 3.63) is 35.4 Å². The Hall–Kier alpha value is -1.69. The van der Waals surface area contributed by atoms with Crippen molar-refractivity contribution < 1.29 is 18.3 Å². The first kappa shape index (κ1) is 14.7. The van der Waals surface area contributed by atoms with E-state index < -0.39 is 11.6 Å². The highest BCUT2D eigenvalue weighted by molar-refractivity contribution is 5.74. The first-order valence-electron chi connectivity index (χ1n) is 6.58. The molecular formula is C14H18F2N2O2. The van der Waals surface area contributed by atoms with Crippen LogP contribution in [0.15, 0.2) is 18.2 Å². The number of benzene rings is 1. The summed E-state index contributed by atoms with van der Waals surface area (Å²) in [5.74, 6) is -1.06. The number of nitrogens with zero attached hydrogens (tertiary/aromatic N) is 1. The van der Waals surface area contributed by atoms with Crippen LogP contribution in [-0.2, 0) is 11.3 Å². The quantitative estimate of drug-likeness (QED) is 0.905. The lowest BCUT2D eigenvalue weighted by atomic mass is 10.2. The molecule has 0 aliphatic carbocycles. The SMILES string of the molecule is CC1CN(C(=O)NCc2cc(F)ccc2F)CC(C)O1. The standard InChI is InChI=1S/C14H18F2N2O2/c1-9-7-18(8-10(2)20-9)14(19)17-6-11-5-12(15)3-4-13(11)16/h3-5,9-10H,6-8H2,1-2H3,(H,17,19). The third-order valence-corrected chi connectivity index (χ3v) is 3.14. The zero-order valence-corrected chi connectivity index (χ0v) is 11.5. The molecule has 0 saturated carbocycles. The van der Waals surface area contributed by atoms with Crippen LogP contribution >= 0.6 is 0 Å². The van der Waals surface area contributed by atoms with Gasteiger partial charge in [0.25, 0.3) is 0 Å². The van der Waals surface area contributed by atoms with E-state index >= 15 is 0 Å². The van der Waals surface area contributed by atoms with Crippen LogP contribution in [0, 0.1) is 11.6 Å². The first-order chi connectivity index (χ1) is 9.45. The molecule has 0 radical (unpaired) electrons. The average molecular weight is 284 g/mol. The number of morpholine rings is 1. The third-order valence-electron chi connectivity index (χ3n) is 3.14. The van der Waals surface area contributed by atoms with Gasteiger partial charge in [-0.2, -0.15) is 0 Å². The second kappa shape index (κ2) is 6.17. The molecule has 0 bridgehead atoms. The highest BCUT2D eigenvalue weighted by atomic mass is 19.1. The van der Waals surface area contributed by atoms with Gasteiger partial charge in [0.2, 0.25) is 0 Å². The van der Waals surface area contributed by atoms with Crippen LogP contribution in [0.4, 0.5) is 13.6 Å². The van der Waals surface area contributed by atoms with Crippen molar-refractivity contribution in [3.63, 3.8) is 0 Å². The second-order valence-electron chi connectivity index (χ2n) is 5.06. The van der Waals surface area contributed by atoms with Crippen molar-refractivity contribution in [2.45, 2.75) is 32.6 Å². The molecule has 1 aromatic carbocycles. The molecule has 2 amide bonds. The Labute approximate surface area is 116 Å². The minimum Gasteiger partial charge on any atom is -0.372 e. The number of urea groups is 1. The van der Waals surface area contributed by atoms with Gasteiger partial charge in [-0.3, -0.25) is 0 Å². The van der Waals surface area contributed by atoms with E-state index in [-0.39, 0.29) is 30.3 Å². The molecular weight excluding hydrogens is 266 g/mol. The van der Waals surface area contributed by atoms with Gasteiger partial charge in [0.15, 0.2) is 0 Å². The number of carbonyl (C=O) groups excluding carboxylic acids is 1. The number of nitrogens with one attached hydrogen (secondary N) is 1. The van der Waals surface area contributed by atoms with E-state index in [2.05, 4.69) is 5.32 Å². The van der Waals surface area contributed by atoms with Gasteiger partial charge in [-0.15, -0.1) is 0 Å². The minimum absolute atomic E-state index is 0.0320. The smallest absolute Gasteiger partial charge is 0.317 e. The van der Waals surface area contributed by atoms with Gasteiger partial charge in [-0.05, 0) is 32.0 Å². The Morgan fingerprint density at radius 3 is 2.65 bits per heavy atom. The van der Waals surface area contributed by atoms with Crippen LogP contribution in [0.5, 0.6) is 0 Å². The number of hydrogen-bond donors (Lipinski definition) is 1. The van der Waals surface area contributed by atoms with Crippen molar-refractivity contribution in [1.82, 2.24) is 10.2 Å². The molecule has 1 aliphatic rings. The van der Waals surface area contributed by atoms with Gasteiger partial charge >= 0.3 is 6.03 Å². The Morgan fingerprint density at radius 1 is 1.35 bits per heavy atom. The summed E-state index contributed by atoms with van der Waals surface area (Å²) in [4.78, 5) is 13.6. The van der Waals surface area contributed by atoms with Crippen molar-refractivity contribution in [3.8, 4) is 0 Å². The van der Waals surface area contributed by atoms with E-state index in [0.717, 1.165) is 18.2 Å². The number of ether oxygens (including phenoxy) is 1. The highest BCUT2D eigenvalue weighted by Gasteiger charge is 2.25. The van der Waals surface area contributed by atoms with E-state index in [9.17, 15) is 13.6 Å². The van der Waals surface area contributed by atoms with E-state index in [1.165, 1.54) is 0 Å². The fourth-order valence-corrected chi connectivity index (χ4v) is 2.31. The summed E-state index contributed by atoms with van der Waals surface area (Å²) in [6.45, 7) is 4.72. The van der Waals surface area contributed by atoms with Gasteiger partial charge in [-0.25, -0.2) is 13.6 Å². The number of amides is 2. The summed E-state index contributed by atoms with van der Waals surface area (Å²) in [7, 11) is 0. The number of rotatable bonds is 2. The molecule has 1 aliphatic heterocycles. The molecule has 1 N–H and O–H groups in total. The van der Waals surface area contributed by atoms with Crippen molar-refractivity contribution in [1.29, 1.82) is 0 Å². The fraction of sp³-hybridized carbons (Fsp3) is 0.500. The monoisotopic (exact) mass is 284 g/mol. The van der Waals surface area contributed by atoms with E-state index in [1.807, 2.05) is 13.8 Å². The number of hydrogen-bond acceptors (Lipinski definition) is 2. The Kier molecular flexibility index (Phi) is 4.54. The number of carbonyl (C=O) groups is 1. The maximum Gasteiger partial charge on any atom is 0.317 e. The predicted octanol–water partition coefficient (Wildman–Crippen LogP) is 2.28. The lowest BCUT2D eigenvalue weighted by Gasteiger charge is -2.35. The number of halogens is 2. The summed E-state index contributed by atoms with van der Waals surface area (Å²) in [6.07, 6.45) is -0.0641. The lowest BCUT2D eigenvalue weighted by molar-refractivity contribution is -0.0545. The molecule has 4 nitrogen and oxygen atoms in total. The highest BCUT2D eigenvalue weighted by Crippen LogP contribution is 2.12. The first-order valence-corrected chi connectivity index (χ1v) is 6.58. The molecule has 110 valence electrons. The largest absolute Gasteiger partial charge is 0.372 e. The second-order valence-corrected chi connectivity index (χ2v) is 5.06. The molecule has 1 fully saturated rings. The molecule has 6 heteroatoms. The molecule has 2 atom stereocenters. The molecule has 20 heavy (non-hydrogen) atoms. The Bertz CT molecular complexity index is 486. The molecule has 0 aromatic heterocycles. The minimum atomic E-state index is -0.532. The summed E-state index contributed by atoms with van der Waals surface area (Å²) in [6, 6.07) is 2.89. The van der Waals surface area contributed by atoms with E-state index in [0.29, 0.717) is 13.1 Å². The molecule has 0 spiro atoms. The van der Waals surface area contributed by atoms with Crippen LogP contribution in [0.2, 0.25) is 0 Å². The van der Waals surface area contributed by atoms with Gasteiger partial charge in [-0.1, -0.05) is 0 Å². The summed E-state index contributed by atoms with van der Waals surface area (Å²) >= 11 is 0. The zero-order valence-electron chi connectivity index (χ0n) is 11.5. The zero-order chi connectivity index (χ0) is 14.7. The van der Waals surface area contributed by atoms with Gasteiger partial charge < -0.3 is 15.0 Å². The average Bonchev–Trinajstić information content (AvgIpc) is 2.38. The van der Waals surface area contributed by atoms with Crippen LogP contribution in [0.1, 0.15) is 19.4 Å². The molecule has 1 heterocycles. The van der Waals surface area contributed by atoms with Gasteiger partial charge in [0.05, 0.1) is 12.2 Å². The fourth-order valence-electron chi connectivity index (χ4n) is 2.31. The maximum absolute atomic E-state index is 13.4. The molecule has 1 aromatic rings. The van der Waals surface area contributed by atoms with Crippen LogP contribution < -0.4 is 5.32 Å². The van der Waals surface area contributed by atoms with Gasteiger partial charge in [0.1, 0.15) is 11.6 Å². The van der Waals surface area contributed by atoms with Gasteiger partial charge in [0, 0.05) is 25.2 Å². The van der Waals surface area contributed by atoms with Crippen molar-refractivity contribution >= 4 is 6.03 Å². The third kappa shape index (κ3) is 3.66. The van der Waals surface area contributed by atoms with Crippen LogP contribution in [0.25, 0.3) is 0 Å². The van der Waals surface area contributed by atoms with Crippen molar-refractivity contribution in [2.75, 3.05) is 13.1 Å². The van der Waals surface area contributed by atoms with Crippen molar-refractivity contribution in [2.24, 2.45) is 0 Å². The summed E-state index contributed by atoms with van der Waals surface area (Å²) < 4.78 is 32.0. The summed E-state index contributed by atoms with van der Waals surface area (Å²) in [5.41, 5.74) is 0.132. The predicted molar refractivity (Wildman–Crippen MR) is 70.2 cm³/mol. The molecule has 2 unspecified atom stereocenters. The van der Waals surface area contributed by atoms with E-state index in [1.54, 1.807) is 4.90 Å². The summed E-state index contributed by atoms with van der Waals surface area (Å²) in [5, 5.41) is 2.60. The van der Waals surface area contributed by atoms with Crippen LogP contribution in [-0.4, -0.2) is 36.2 Å². The maximum atomic E-state index is 13.4. The van der Waals surface area contributed by atoms with E-state index in [4.69, 9.17) is 4.74 Å². The molecule has 2 rings (SSSR count). The lowest BCUT2D eigenvalue weighted by Crippen LogP contribution is -2.51. The molecule has 1 saturated heterocycles. The topological polar surface area (TPSA) is 41.6 Å². The Balaban J connectivity index is 1.93.